The number of aromatic nitrogens is 4. The SMILES string of the molecule is CN(C(=O)CCCc1cn(-c2ccccc2)c(NC(=O)c2cccc(-c3cn[nH]c3)c2)n1)C1CC1. The van der Waals surface area contributed by atoms with Crippen molar-refractivity contribution in [3.63, 3.8) is 0 Å². The standard InChI is InChI=1S/C27H28N6O2/c1-32(23-13-14-23)25(34)12-6-9-22-18-33(24-10-3-2-4-11-24)27(30-22)31-26(35)20-8-5-7-19(15-20)21-16-28-29-17-21/h2-5,7-8,10-11,15-18,23H,6,9,12-14H2,1H3,(H,28,29)(H,30,31,35). The van der Waals surface area contributed by atoms with Crippen LogP contribution in [0.3, 0.4) is 0 Å². The van der Waals surface area contributed by atoms with Crippen molar-refractivity contribution in [3.05, 3.63) is 84.4 Å². The quantitative estimate of drug-likeness (QED) is 0.379. The van der Waals surface area contributed by atoms with E-state index in [1.165, 1.54) is 0 Å². The van der Waals surface area contributed by atoms with E-state index in [1.54, 1.807) is 18.5 Å². The van der Waals surface area contributed by atoms with Crippen molar-refractivity contribution < 1.29 is 9.59 Å². The van der Waals surface area contributed by atoms with E-state index in [1.807, 2.05) is 71.2 Å². The van der Waals surface area contributed by atoms with Gasteiger partial charge >= 0.3 is 0 Å². The molecule has 0 atom stereocenters. The van der Waals surface area contributed by atoms with Gasteiger partial charge in [0.1, 0.15) is 0 Å². The van der Waals surface area contributed by atoms with Crippen LogP contribution in [-0.2, 0) is 11.2 Å². The Morgan fingerprint density at radius 1 is 1.11 bits per heavy atom. The summed E-state index contributed by atoms with van der Waals surface area (Å²) in [5.41, 5.74) is 4.08. The Morgan fingerprint density at radius 2 is 1.94 bits per heavy atom. The topological polar surface area (TPSA) is 95.9 Å². The number of amides is 2. The Morgan fingerprint density at radius 3 is 2.69 bits per heavy atom. The molecule has 5 rings (SSSR count). The van der Waals surface area contributed by atoms with Gasteiger partial charge in [0, 0.05) is 48.7 Å². The van der Waals surface area contributed by atoms with Gasteiger partial charge < -0.3 is 4.90 Å². The number of aromatic amines is 1. The number of carbonyl (C=O) groups excluding carboxylic acids is 2. The van der Waals surface area contributed by atoms with E-state index in [2.05, 4.69) is 15.5 Å². The van der Waals surface area contributed by atoms with Gasteiger partial charge in [-0.25, -0.2) is 4.98 Å². The Kier molecular flexibility index (Phi) is 6.43. The van der Waals surface area contributed by atoms with Gasteiger partial charge in [0.05, 0.1) is 11.9 Å². The summed E-state index contributed by atoms with van der Waals surface area (Å²) in [6.07, 6.45) is 9.52. The van der Waals surface area contributed by atoms with Crippen LogP contribution in [-0.4, -0.2) is 49.6 Å². The van der Waals surface area contributed by atoms with Crippen LogP contribution in [0.15, 0.2) is 73.2 Å². The molecule has 0 spiro atoms. The second-order valence-electron chi connectivity index (χ2n) is 8.87. The molecule has 8 heteroatoms. The van der Waals surface area contributed by atoms with Crippen molar-refractivity contribution in [1.29, 1.82) is 0 Å². The van der Waals surface area contributed by atoms with E-state index in [-0.39, 0.29) is 11.8 Å². The zero-order valence-corrected chi connectivity index (χ0v) is 19.6. The molecule has 35 heavy (non-hydrogen) atoms. The van der Waals surface area contributed by atoms with Gasteiger partial charge in [0.25, 0.3) is 5.91 Å². The van der Waals surface area contributed by atoms with Crippen LogP contribution < -0.4 is 5.32 Å². The van der Waals surface area contributed by atoms with Gasteiger partial charge in [0.2, 0.25) is 11.9 Å². The predicted molar refractivity (Wildman–Crippen MR) is 134 cm³/mol. The highest BCUT2D eigenvalue weighted by Crippen LogP contribution is 2.26. The average Bonchev–Trinajstić information content (AvgIpc) is 3.43. The first kappa shape index (κ1) is 22.6. The minimum absolute atomic E-state index is 0.182. The summed E-state index contributed by atoms with van der Waals surface area (Å²) >= 11 is 0. The van der Waals surface area contributed by atoms with E-state index >= 15 is 0 Å². The monoisotopic (exact) mass is 468 g/mol. The number of H-pyrrole nitrogens is 1. The second-order valence-corrected chi connectivity index (χ2v) is 8.87. The van der Waals surface area contributed by atoms with Crippen LogP contribution in [0.5, 0.6) is 0 Å². The normalized spacial score (nSPS) is 12.9. The maximum atomic E-state index is 13.1. The van der Waals surface area contributed by atoms with Gasteiger partial charge in [-0.3, -0.25) is 24.6 Å². The van der Waals surface area contributed by atoms with E-state index in [0.717, 1.165) is 35.3 Å². The number of hydrogen-bond acceptors (Lipinski definition) is 4. The highest BCUT2D eigenvalue weighted by atomic mass is 16.2. The van der Waals surface area contributed by atoms with Gasteiger partial charge in [-0.2, -0.15) is 5.10 Å². The lowest BCUT2D eigenvalue weighted by Gasteiger charge is -2.15. The summed E-state index contributed by atoms with van der Waals surface area (Å²) in [4.78, 5) is 32.1. The molecule has 2 amide bonds. The molecular formula is C27H28N6O2. The van der Waals surface area contributed by atoms with Gasteiger partial charge in [-0.15, -0.1) is 0 Å². The maximum Gasteiger partial charge on any atom is 0.258 e. The fraction of sp³-hybridized carbons (Fsp3) is 0.259. The molecule has 2 N–H and O–H groups in total. The molecule has 2 aromatic heterocycles. The molecule has 0 aliphatic heterocycles. The molecule has 0 radical (unpaired) electrons. The first-order valence-electron chi connectivity index (χ1n) is 11.9. The summed E-state index contributed by atoms with van der Waals surface area (Å²) in [6, 6.07) is 17.6. The van der Waals surface area contributed by atoms with Crippen molar-refractivity contribution in [2.24, 2.45) is 0 Å². The third kappa shape index (κ3) is 5.32. The lowest BCUT2D eigenvalue weighted by molar-refractivity contribution is -0.130. The number of aryl methyl sites for hydroxylation is 1. The first-order valence-corrected chi connectivity index (χ1v) is 11.9. The molecule has 1 aliphatic rings. The highest BCUT2D eigenvalue weighted by Gasteiger charge is 2.29. The summed E-state index contributed by atoms with van der Waals surface area (Å²) in [5.74, 6) is 0.387. The predicted octanol–water partition coefficient (Wildman–Crippen LogP) is 4.46. The Balaban J connectivity index is 1.32. The van der Waals surface area contributed by atoms with Crippen LogP contribution in [0.2, 0.25) is 0 Å². The molecular weight excluding hydrogens is 440 g/mol. The van der Waals surface area contributed by atoms with Crippen molar-refractivity contribution in [3.8, 4) is 16.8 Å². The van der Waals surface area contributed by atoms with Crippen molar-refractivity contribution in [2.45, 2.75) is 38.1 Å². The third-order valence-corrected chi connectivity index (χ3v) is 6.28. The number of anilines is 1. The Bertz CT molecular complexity index is 1310. The van der Waals surface area contributed by atoms with E-state index in [0.29, 0.717) is 36.8 Å². The highest BCUT2D eigenvalue weighted by molar-refractivity contribution is 6.04. The minimum Gasteiger partial charge on any atom is -0.343 e. The fourth-order valence-electron chi connectivity index (χ4n) is 4.11. The second kappa shape index (κ2) is 9.97. The summed E-state index contributed by atoms with van der Waals surface area (Å²) < 4.78 is 1.88. The van der Waals surface area contributed by atoms with Crippen LogP contribution in [0.4, 0.5) is 5.95 Å². The molecule has 2 aromatic carbocycles. The third-order valence-electron chi connectivity index (χ3n) is 6.28. The summed E-state index contributed by atoms with van der Waals surface area (Å²) in [7, 11) is 1.89. The Hall–Kier alpha value is -4.20. The zero-order chi connectivity index (χ0) is 24.2. The number of nitrogens with one attached hydrogen (secondary N) is 2. The summed E-state index contributed by atoms with van der Waals surface area (Å²) in [6.45, 7) is 0. The average molecular weight is 469 g/mol. The molecule has 1 fully saturated rings. The number of rotatable bonds is 9. The van der Waals surface area contributed by atoms with Gasteiger partial charge in [-0.05, 0) is 55.5 Å². The molecule has 2 heterocycles. The maximum absolute atomic E-state index is 13.1. The van der Waals surface area contributed by atoms with Crippen molar-refractivity contribution in [1.82, 2.24) is 24.6 Å². The molecule has 0 bridgehead atoms. The lowest BCUT2D eigenvalue weighted by Crippen LogP contribution is -2.28. The number of benzene rings is 2. The number of para-hydroxylation sites is 1. The lowest BCUT2D eigenvalue weighted by atomic mass is 10.1. The molecule has 0 saturated heterocycles. The molecule has 4 aromatic rings. The van der Waals surface area contributed by atoms with Crippen LogP contribution >= 0.6 is 0 Å². The smallest absolute Gasteiger partial charge is 0.258 e. The van der Waals surface area contributed by atoms with Crippen molar-refractivity contribution in [2.75, 3.05) is 12.4 Å². The van der Waals surface area contributed by atoms with Crippen LogP contribution in [0, 0.1) is 0 Å². The number of hydrogen-bond donors (Lipinski definition) is 2. The number of imidazole rings is 1. The fourth-order valence-corrected chi connectivity index (χ4v) is 4.11. The molecule has 1 saturated carbocycles. The number of carbonyl (C=O) groups is 2. The van der Waals surface area contributed by atoms with Crippen LogP contribution in [0.25, 0.3) is 16.8 Å². The van der Waals surface area contributed by atoms with Gasteiger partial charge in [0.15, 0.2) is 0 Å². The van der Waals surface area contributed by atoms with E-state index in [4.69, 9.17) is 4.98 Å². The zero-order valence-electron chi connectivity index (χ0n) is 19.6. The van der Waals surface area contributed by atoms with Crippen molar-refractivity contribution >= 4 is 17.8 Å². The minimum atomic E-state index is -0.245. The molecule has 178 valence electrons. The molecule has 8 nitrogen and oxygen atoms in total. The Labute approximate surface area is 204 Å². The molecule has 1 aliphatic carbocycles. The van der Waals surface area contributed by atoms with Crippen LogP contribution in [0.1, 0.15) is 41.7 Å². The van der Waals surface area contributed by atoms with Gasteiger partial charge in [-0.1, -0.05) is 30.3 Å². The largest absolute Gasteiger partial charge is 0.343 e. The molecule has 0 unspecified atom stereocenters. The van der Waals surface area contributed by atoms with E-state index in [9.17, 15) is 9.59 Å². The van der Waals surface area contributed by atoms with E-state index < -0.39 is 0 Å². The summed E-state index contributed by atoms with van der Waals surface area (Å²) in [5, 5.41) is 9.75. The first-order chi connectivity index (χ1) is 17.1. The number of nitrogens with zero attached hydrogens (tertiary/aromatic N) is 4.